The lowest BCUT2D eigenvalue weighted by molar-refractivity contribution is -0.162. The molecule has 2 atom stereocenters. The lowest BCUT2D eigenvalue weighted by atomic mass is 9.79. The first kappa shape index (κ1) is 23.7. The Labute approximate surface area is 166 Å². The molecule has 156 valence electrons. The summed E-state index contributed by atoms with van der Waals surface area (Å²) in [5.74, 6) is -1.18. The van der Waals surface area contributed by atoms with Crippen LogP contribution >= 0.6 is 0 Å². The molecule has 27 heavy (non-hydrogen) atoms. The third kappa shape index (κ3) is 10.6. The standard InChI is InChI=1S/C23H40O4/c1-3-5-6-7-8-9-10-11-12-15-19-27-23(25)21-17-14-13-16-20(21)22(24)26-18-4-2/h4,20-21H,2-3,5-19H2,1H3. The summed E-state index contributed by atoms with van der Waals surface area (Å²) < 4.78 is 10.6. The highest BCUT2D eigenvalue weighted by Crippen LogP contribution is 2.32. The molecule has 0 radical (unpaired) electrons. The van der Waals surface area contributed by atoms with E-state index in [1.54, 1.807) is 6.08 Å². The molecule has 0 aromatic rings. The molecule has 4 heteroatoms. The number of ether oxygens (including phenoxy) is 2. The number of rotatable bonds is 15. The maximum absolute atomic E-state index is 12.4. The molecule has 0 aromatic heterocycles. The summed E-state index contributed by atoms with van der Waals surface area (Å²) in [4.78, 5) is 24.6. The molecule has 4 nitrogen and oxygen atoms in total. The molecule has 1 saturated carbocycles. The fourth-order valence-corrected chi connectivity index (χ4v) is 3.81. The molecular weight excluding hydrogens is 340 g/mol. The zero-order valence-electron chi connectivity index (χ0n) is 17.4. The van der Waals surface area contributed by atoms with Gasteiger partial charge in [0, 0.05) is 0 Å². The van der Waals surface area contributed by atoms with Crippen LogP contribution in [0.1, 0.15) is 96.8 Å². The maximum atomic E-state index is 12.4. The van der Waals surface area contributed by atoms with Crippen LogP contribution in [0.15, 0.2) is 12.7 Å². The monoisotopic (exact) mass is 380 g/mol. The van der Waals surface area contributed by atoms with E-state index in [4.69, 9.17) is 9.47 Å². The SMILES string of the molecule is C=CCOC(=O)C1CCCCC1C(=O)OCCCCCCCCCCCC. The number of carbonyl (C=O) groups is 2. The van der Waals surface area contributed by atoms with Gasteiger partial charge in [-0.1, -0.05) is 90.2 Å². The van der Waals surface area contributed by atoms with Gasteiger partial charge >= 0.3 is 11.9 Å². The first-order valence-corrected chi connectivity index (χ1v) is 11.1. The highest BCUT2D eigenvalue weighted by atomic mass is 16.5. The molecule has 1 fully saturated rings. The normalized spacial score (nSPS) is 19.4. The van der Waals surface area contributed by atoms with Gasteiger partial charge < -0.3 is 9.47 Å². The van der Waals surface area contributed by atoms with E-state index >= 15 is 0 Å². The minimum atomic E-state index is -0.348. The summed E-state index contributed by atoms with van der Waals surface area (Å²) in [5, 5.41) is 0. The third-order valence-electron chi connectivity index (χ3n) is 5.46. The van der Waals surface area contributed by atoms with Crippen molar-refractivity contribution in [3.8, 4) is 0 Å². The molecule has 0 aliphatic heterocycles. The summed E-state index contributed by atoms with van der Waals surface area (Å²) in [6.45, 7) is 6.48. The molecule has 0 spiro atoms. The van der Waals surface area contributed by atoms with Crippen molar-refractivity contribution in [1.29, 1.82) is 0 Å². The summed E-state index contributed by atoms with van der Waals surface area (Å²) in [7, 11) is 0. The molecule has 1 aliphatic carbocycles. The van der Waals surface area contributed by atoms with Crippen LogP contribution in [-0.2, 0) is 19.1 Å². The second kappa shape index (κ2) is 15.7. The Morgan fingerprint density at radius 1 is 0.815 bits per heavy atom. The summed E-state index contributed by atoms with van der Waals surface area (Å²) >= 11 is 0. The molecule has 0 amide bonds. The van der Waals surface area contributed by atoms with Crippen LogP contribution in [0.2, 0.25) is 0 Å². The van der Waals surface area contributed by atoms with E-state index < -0.39 is 0 Å². The van der Waals surface area contributed by atoms with Gasteiger partial charge in [0.2, 0.25) is 0 Å². The molecule has 0 saturated heterocycles. The van der Waals surface area contributed by atoms with Crippen LogP contribution in [0.4, 0.5) is 0 Å². The fourth-order valence-electron chi connectivity index (χ4n) is 3.81. The Morgan fingerprint density at radius 2 is 1.30 bits per heavy atom. The first-order chi connectivity index (χ1) is 13.2. The Morgan fingerprint density at radius 3 is 1.81 bits per heavy atom. The van der Waals surface area contributed by atoms with Crippen LogP contribution < -0.4 is 0 Å². The van der Waals surface area contributed by atoms with Gasteiger partial charge in [-0.05, 0) is 19.3 Å². The minimum Gasteiger partial charge on any atom is -0.465 e. The minimum absolute atomic E-state index is 0.204. The van der Waals surface area contributed by atoms with Gasteiger partial charge in [0.05, 0.1) is 18.4 Å². The Hall–Kier alpha value is -1.32. The van der Waals surface area contributed by atoms with Crippen molar-refractivity contribution in [1.82, 2.24) is 0 Å². The van der Waals surface area contributed by atoms with Crippen molar-refractivity contribution in [2.75, 3.05) is 13.2 Å². The summed E-state index contributed by atoms with van der Waals surface area (Å²) in [5.41, 5.74) is 0. The largest absolute Gasteiger partial charge is 0.465 e. The Balaban J connectivity index is 2.12. The average Bonchev–Trinajstić information content (AvgIpc) is 2.70. The first-order valence-electron chi connectivity index (χ1n) is 11.1. The van der Waals surface area contributed by atoms with E-state index in [0.717, 1.165) is 32.1 Å². The number of esters is 2. The van der Waals surface area contributed by atoms with E-state index in [1.165, 1.54) is 51.4 Å². The van der Waals surface area contributed by atoms with Gasteiger partial charge in [-0.15, -0.1) is 0 Å². The smallest absolute Gasteiger partial charge is 0.310 e. The molecule has 0 heterocycles. The van der Waals surface area contributed by atoms with Gasteiger partial charge in [-0.2, -0.15) is 0 Å². The second-order valence-corrected chi connectivity index (χ2v) is 7.77. The Kier molecular flexibility index (Phi) is 13.8. The van der Waals surface area contributed by atoms with E-state index in [1.807, 2.05) is 0 Å². The van der Waals surface area contributed by atoms with Gasteiger partial charge in [-0.25, -0.2) is 0 Å². The van der Waals surface area contributed by atoms with Crippen LogP contribution in [0, 0.1) is 11.8 Å². The zero-order valence-corrected chi connectivity index (χ0v) is 17.4. The van der Waals surface area contributed by atoms with Crippen LogP contribution in [0.3, 0.4) is 0 Å². The van der Waals surface area contributed by atoms with E-state index in [9.17, 15) is 9.59 Å². The summed E-state index contributed by atoms with van der Waals surface area (Å²) in [6, 6.07) is 0. The average molecular weight is 381 g/mol. The van der Waals surface area contributed by atoms with Gasteiger partial charge in [0.25, 0.3) is 0 Å². The van der Waals surface area contributed by atoms with E-state index in [2.05, 4.69) is 13.5 Å². The molecule has 0 bridgehead atoms. The molecule has 1 aliphatic rings. The molecule has 0 aromatic carbocycles. The van der Waals surface area contributed by atoms with Crippen molar-refractivity contribution >= 4 is 11.9 Å². The molecule has 2 unspecified atom stereocenters. The number of carbonyl (C=O) groups excluding carboxylic acids is 2. The Bertz CT molecular complexity index is 419. The topological polar surface area (TPSA) is 52.6 Å². The van der Waals surface area contributed by atoms with Gasteiger partial charge in [-0.3, -0.25) is 9.59 Å². The van der Waals surface area contributed by atoms with Gasteiger partial charge in [0.1, 0.15) is 6.61 Å². The predicted octanol–water partition coefficient (Wildman–Crippen LogP) is 5.99. The lowest BCUT2D eigenvalue weighted by Gasteiger charge is -2.28. The highest BCUT2D eigenvalue weighted by Gasteiger charge is 2.37. The van der Waals surface area contributed by atoms with Gasteiger partial charge in [0.15, 0.2) is 0 Å². The van der Waals surface area contributed by atoms with Crippen LogP contribution in [0.5, 0.6) is 0 Å². The molecular formula is C23H40O4. The van der Waals surface area contributed by atoms with Crippen molar-refractivity contribution in [2.24, 2.45) is 11.8 Å². The van der Waals surface area contributed by atoms with Crippen LogP contribution in [-0.4, -0.2) is 25.2 Å². The highest BCUT2D eigenvalue weighted by molar-refractivity contribution is 5.82. The lowest BCUT2D eigenvalue weighted by Crippen LogP contribution is -2.35. The maximum Gasteiger partial charge on any atom is 0.310 e. The number of hydrogen-bond acceptors (Lipinski definition) is 4. The molecule has 0 N–H and O–H groups in total. The number of hydrogen-bond donors (Lipinski definition) is 0. The van der Waals surface area contributed by atoms with E-state index in [0.29, 0.717) is 13.0 Å². The van der Waals surface area contributed by atoms with Crippen molar-refractivity contribution < 1.29 is 19.1 Å². The van der Waals surface area contributed by atoms with Crippen molar-refractivity contribution in [3.63, 3.8) is 0 Å². The van der Waals surface area contributed by atoms with E-state index in [-0.39, 0.29) is 30.4 Å². The second-order valence-electron chi connectivity index (χ2n) is 7.77. The number of unbranched alkanes of at least 4 members (excludes halogenated alkanes) is 9. The predicted molar refractivity (Wildman–Crippen MR) is 109 cm³/mol. The molecule has 1 rings (SSSR count). The van der Waals surface area contributed by atoms with Crippen molar-refractivity contribution in [3.05, 3.63) is 12.7 Å². The van der Waals surface area contributed by atoms with Crippen molar-refractivity contribution in [2.45, 2.75) is 96.8 Å². The fraction of sp³-hybridized carbons (Fsp3) is 0.826. The third-order valence-corrected chi connectivity index (χ3v) is 5.46. The summed E-state index contributed by atoms with van der Waals surface area (Å²) in [6.07, 6.45) is 17.5. The van der Waals surface area contributed by atoms with Crippen LogP contribution in [0.25, 0.3) is 0 Å². The zero-order chi connectivity index (χ0) is 19.7. The quantitative estimate of drug-likeness (QED) is 0.199.